The quantitative estimate of drug-likeness (QED) is 0.139. The first-order chi connectivity index (χ1) is 22.4. The van der Waals surface area contributed by atoms with Gasteiger partial charge in [0.25, 0.3) is 0 Å². The molecule has 0 radical (unpaired) electrons. The molecule has 5 atom stereocenters. The summed E-state index contributed by atoms with van der Waals surface area (Å²) in [6.07, 6.45) is 24.1. The van der Waals surface area contributed by atoms with Gasteiger partial charge in [0.15, 0.2) is 0 Å². The molecule has 2 aromatic carbocycles. The fourth-order valence-electron chi connectivity index (χ4n) is 9.18. The molecule has 1 saturated carbocycles. The summed E-state index contributed by atoms with van der Waals surface area (Å²) in [6.45, 7) is 0.595. The minimum absolute atomic E-state index is 0.162. The first-order valence-corrected chi connectivity index (χ1v) is 18.2. The summed E-state index contributed by atoms with van der Waals surface area (Å²) in [7, 11) is 0. The molecule has 0 aromatic heterocycles. The van der Waals surface area contributed by atoms with Crippen LogP contribution in [0.4, 0.5) is 0 Å². The molecule has 5 N–H and O–H groups in total. The number of unbranched alkanes of at least 4 members (excludes halogenated alkanes) is 3. The number of fused-ring (bicyclic) bond motifs is 3. The lowest BCUT2D eigenvalue weighted by Gasteiger charge is -2.45. The molecule has 1 fully saturated rings. The van der Waals surface area contributed by atoms with Crippen molar-refractivity contribution in [2.24, 2.45) is 29.4 Å². The third-order valence-corrected chi connectivity index (χ3v) is 11.6. The van der Waals surface area contributed by atoms with E-state index in [2.05, 4.69) is 48.6 Å². The SMILES string of the molecule is NCCC1=CC(CCCCCCC2CC=CC(CO)C(C(=O)O)C3(CCCCC3)c3cccc(c3)CC2c2ccc(O)cc2)CC1. The minimum Gasteiger partial charge on any atom is -0.508 e. The number of aromatic hydroxyl groups is 1. The molecule has 3 aliphatic rings. The fraction of sp³-hybridized carbons (Fsp3) is 0.585. The summed E-state index contributed by atoms with van der Waals surface area (Å²) in [5.41, 5.74) is 10.5. The van der Waals surface area contributed by atoms with Crippen molar-refractivity contribution in [1.82, 2.24) is 0 Å². The number of benzene rings is 2. The van der Waals surface area contributed by atoms with E-state index in [4.69, 9.17) is 5.73 Å². The zero-order valence-corrected chi connectivity index (χ0v) is 27.8. The summed E-state index contributed by atoms with van der Waals surface area (Å²) < 4.78 is 0. The second-order valence-corrected chi connectivity index (χ2v) is 14.6. The van der Waals surface area contributed by atoms with Crippen molar-refractivity contribution in [2.75, 3.05) is 13.2 Å². The van der Waals surface area contributed by atoms with Gasteiger partial charge in [-0.15, -0.1) is 0 Å². The Morgan fingerprint density at radius 1 is 0.957 bits per heavy atom. The fourth-order valence-corrected chi connectivity index (χ4v) is 9.18. The summed E-state index contributed by atoms with van der Waals surface area (Å²) in [5.74, 6) is -0.226. The molecule has 46 heavy (non-hydrogen) atoms. The van der Waals surface area contributed by atoms with Crippen LogP contribution in [0.15, 0.2) is 72.3 Å². The normalized spacial score (nSPS) is 26.3. The predicted molar refractivity (Wildman–Crippen MR) is 187 cm³/mol. The molecule has 5 heteroatoms. The van der Waals surface area contributed by atoms with Crippen molar-refractivity contribution in [3.8, 4) is 5.75 Å². The van der Waals surface area contributed by atoms with Gasteiger partial charge in [0.1, 0.15) is 5.75 Å². The Bertz CT molecular complexity index is 1310. The molecule has 250 valence electrons. The number of allylic oxidation sites excluding steroid dienone is 2. The summed E-state index contributed by atoms with van der Waals surface area (Å²) >= 11 is 0. The number of nitrogens with two attached hydrogens (primary N) is 1. The number of carbonyl (C=O) groups is 1. The monoisotopic (exact) mass is 627 g/mol. The second-order valence-electron chi connectivity index (χ2n) is 14.6. The average molecular weight is 628 g/mol. The molecule has 0 heterocycles. The van der Waals surface area contributed by atoms with Gasteiger partial charge in [-0.3, -0.25) is 4.79 Å². The zero-order valence-electron chi connectivity index (χ0n) is 27.8. The Morgan fingerprint density at radius 3 is 2.43 bits per heavy atom. The van der Waals surface area contributed by atoms with E-state index in [1.54, 1.807) is 5.57 Å². The zero-order chi connectivity index (χ0) is 32.4. The maximum atomic E-state index is 13.0. The van der Waals surface area contributed by atoms with Gasteiger partial charge in [-0.1, -0.05) is 105 Å². The van der Waals surface area contributed by atoms with Crippen LogP contribution in [0, 0.1) is 23.7 Å². The van der Waals surface area contributed by atoms with E-state index in [1.807, 2.05) is 18.2 Å². The van der Waals surface area contributed by atoms with Gasteiger partial charge in [-0.2, -0.15) is 0 Å². The van der Waals surface area contributed by atoms with Crippen molar-refractivity contribution >= 4 is 5.97 Å². The molecular formula is C41H57NO4. The number of aliphatic carboxylic acids is 1. The van der Waals surface area contributed by atoms with Gasteiger partial charge >= 0.3 is 5.97 Å². The lowest BCUT2D eigenvalue weighted by Crippen LogP contribution is -2.46. The summed E-state index contributed by atoms with van der Waals surface area (Å²) in [6, 6.07) is 16.5. The standard InChI is InChI=1S/C41H57NO4/c42-25-22-31-17-16-30(26-31)10-4-1-2-5-12-33-13-9-14-35(29-43)39(40(45)46)41(23-6-3-7-24-41)36-15-8-11-32(27-36)28-38(33)34-18-20-37(44)21-19-34/h8-9,11,14-15,18-21,26-27,30,33,35,38-39,43-44H,1-7,10,12-13,16-17,22-25,28-29,42H2,(H,45,46). The van der Waals surface area contributed by atoms with Crippen LogP contribution in [0.25, 0.3) is 0 Å². The van der Waals surface area contributed by atoms with Crippen LogP contribution in [0.2, 0.25) is 0 Å². The van der Waals surface area contributed by atoms with Crippen LogP contribution < -0.4 is 5.73 Å². The molecule has 3 aliphatic carbocycles. The first kappa shape index (κ1) is 34.4. The lowest BCUT2D eigenvalue weighted by molar-refractivity contribution is -0.147. The number of carboxylic acid groups (broad SMARTS) is 1. The van der Waals surface area contributed by atoms with Gasteiger partial charge in [0.2, 0.25) is 0 Å². The molecule has 5 rings (SSSR count). The van der Waals surface area contributed by atoms with Crippen molar-refractivity contribution in [1.29, 1.82) is 0 Å². The maximum Gasteiger partial charge on any atom is 0.308 e. The van der Waals surface area contributed by atoms with Gasteiger partial charge in [-0.25, -0.2) is 0 Å². The highest BCUT2D eigenvalue weighted by molar-refractivity contribution is 5.73. The van der Waals surface area contributed by atoms with Gasteiger partial charge in [-0.05, 0) is 111 Å². The third-order valence-electron chi connectivity index (χ3n) is 11.6. The van der Waals surface area contributed by atoms with Crippen molar-refractivity contribution in [3.63, 3.8) is 0 Å². The summed E-state index contributed by atoms with van der Waals surface area (Å²) in [4.78, 5) is 13.0. The largest absolute Gasteiger partial charge is 0.508 e. The Labute approximate surface area is 277 Å². The van der Waals surface area contributed by atoms with E-state index in [9.17, 15) is 20.1 Å². The number of hydrogen-bond acceptors (Lipinski definition) is 4. The molecule has 2 bridgehead atoms. The van der Waals surface area contributed by atoms with Crippen LogP contribution in [0.3, 0.4) is 0 Å². The van der Waals surface area contributed by atoms with Crippen LogP contribution in [-0.4, -0.2) is 34.4 Å². The molecule has 0 amide bonds. The average Bonchev–Trinajstić information content (AvgIpc) is 3.51. The number of aliphatic hydroxyl groups is 1. The van der Waals surface area contributed by atoms with E-state index in [0.29, 0.717) is 5.92 Å². The third kappa shape index (κ3) is 8.52. The van der Waals surface area contributed by atoms with E-state index < -0.39 is 23.2 Å². The van der Waals surface area contributed by atoms with Crippen molar-refractivity contribution < 1.29 is 20.1 Å². The smallest absolute Gasteiger partial charge is 0.308 e. The molecule has 0 saturated heterocycles. The van der Waals surface area contributed by atoms with Gasteiger partial charge in [0, 0.05) is 11.3 Å². The number of aliphatic hydroxyl groups excluding tert-OH is 1. The number of phenolic OH excluding ortho intramolecular Hbond substituents is 1. The molecular weight excluding hydrogens is 570 g/mol. The highest BCUT2D eigenvalue weighted by Crippen LogP contribution is 2.49. The molecule has 0 aliphatic heterocycles. The van der Waals surface area contributed by atoms with Crippen LogP contribution >= 0.6 is 0 Å². The first-order valence-electron chi connectivity index (χ1n) is 18.2. The highest BCUT2D eigenvalue weighted by atomic mass is 16.4. The van der Waals surface area contributed by atoms with E-state index in [1.165, 1.54) is 49.7 Å². The van der Waals surface area contributed by atoms with Crippen molar-refractivity contribution in [3.05, 3.63) is 89.0 Å². The van der Waals surface area contributed by atoms with Crippen molar-refractivity contribution in [2.45, 2.75) is 114 Å². The highest BCUT2D eigenvalue weighted by Gasteiger charge is 2.48. The number of carboxylic acids is 1. The topological polar surface area (TPSA) is 104 Å². The summed E-state index contributed by atoms with van der Waals surface area (Å²) in [5, 5.41) is 31.4. The molecule has 2 aromatic rings. The number of phenols is 1. The molecule has 5 unspecified atom stereocenters. The Morgan fingerprint density at radius 2 is 1.72 bits per heavy atom. The van der Waals surface area contributed by atoms with E-state index >= 15 is 0 Å². The Balaban J connectivity index is 1.37. The Kier molecular flexibility index (Phi) is 12.6. The van der Waals surface area contributed by atoms with Gasteiger partial charge in [0.05, 0.1) is 12.5 Å². The van der Waals surface area contributed by atoms with Crippen LogP contribution in [0.5, 0.6) is 5.75 Å². The molecule has 5 nitrogen and oxygen atoms in total. The second kappa shape index (κ2) is 16.8. The number of hydrogen-bond donors (Lipinski definition) is 4. The molecule has 1 spiro atoms. The van der Waals surface area contributed by atoms with E-state index in [-0.39, 0.29) is 18.3 Å². The lowest BCUT2D eigenvalue weighted by atomic mass is 9.58. The Hall–Kier alpha value is -2.89. The minimum atomic E-state index is -0.796. The predicted octanol–water partition coefficient (Wildman–Crippen LogP) is 8.83. The number of rotatable bonds is 12. The van der Waals surface area contributed by atoms with Crippen LogP contribution in [0.1, 0.15) is 119 Å². The maximum absolute atomic E-state index is 13.0. The van der Waals surface area contributed by atoms with E-state index in [0.717, 1.165) is 82.2 Å². The van der Waals surface area contributed by atoms with Gasteiger partial charge < -0.3 is 21.1 Å². The van der Waals surface area contributed by atoms with Crippen LogP contribution in [-0.2, 0) is 16.6 Å².